The summed E-state index contributed by atoms with van der Waals surface area (Å²) < 4.78 is 17.0. The van der Waals surface area contributed by atoms with Crippen LogP contribution in [0.25, 0.3) is 0 Å². The summed E-state index contributed by atoms with van der Waals surface area (Å²) >= 11 is 0. The lowest BCUT2D eigenvalue weighted by Gasteiger charge is -2.18. The predicted molar refractivity (Wildman–Crippen MR) is 353 cm³/mol. The van der Waals surface area contributed by atoms with Crippen LogP contribution in [0.5, 0.6) is 0 Å². The third kappa shape index (κ3) is 67.3. The Morgan fingerprint density at radius 2 is 0.481 bits per heavy atom. The van der Waals surface area contributed by atoms with Crippen LogP contribution in [-0.4, -0.2) is 37.2 Å². The van der Waals surface area contributed by atoms with Gasteiger partial charge in [-0.1, -0.05) is 343 Å². The fraction of sp³-hybridized carbons (Fsp3) is 0.773. The van der Waals surface area contributed by atoms with Crippen molar-refractivity contribution in [3.8, 4) is 0 Å². The van der Waals surface area contributed by atoms with E-state index >= 15 is 0 Å². The molecule has 1 atom stereocenters. The number of carbonyl (C=O) groups is 3. The van der Waals surface area contributed by atoms with Gasteiger partial charge in [-0.15, -0.1) is 0 Å². The summed E-state index contributed by atoms with van der Waals surface area (Å²) in [6.07, 6.45) is 91.7. The van der Waals surface area contributed by atoms with Gasteiger partial charge in [0.2, 0.25) is 0 Å². The number of hydrogen-bond acceptors (Lipinski definition) is 6. The molecule has 0 aromatic carbocycles. The summed E-state index contributed by atoms with van der Waals surface area (Å²) in [6, 6.07) is 0. The van der Waals surface area contributed by atoms with Crippen molar-refractivity contribution >= 4 is 17.9 Å². The van der Waals surface area contributed by atoms with Gasteiger partial charge in [-0.2, -0.15) is 0 Å². The van der Waals surface area contributed by atoms with Crippen LogP contribution in [0, 0.1) is 0 Å². The van der Waals surface area contributed by atoms with Gasteiger partial charge in [0.05, 0.1) is 0 Å². The molecule has 0 radical (unpaired) electrons. The summed E-state index contributed by atoms with van der Waals surface area (Å²) in [6.45, 7) is 6.58. The zero-order valence-electron chi connectivity index (χ0n) is 53.8. The average Bonchev–Trinajstić information content (AvgIpc) is 3.47. The van der Waals surface area contributed by atoms with Crippen molar-refractivity contribution in [3.05, 3.63) is 85.1 Å². The van der Waals surface area contributed by atoms with Crippen LogP contribution in [0.4, 0.5) is 0 Å². The molecule has 81 heavy (non-hydrogen) atoms. The fourth-order valence-electron chi connectivity index (χ4n) is 10.2. The molecule has 0 aromatic rings. The first-order valence-electron chi connectivity index (χ1n) is 35.1. The highest BCUT2D eigenvalue weighted by Crippen LogP contribution is 2.18. The molecule has 0 saturated carbocycles. The Hall–Kier alpha value is -3.41. The molecule has 0 rings (SSSR count). The van der Waals surface area contributed by atoms with Gasteiger partial charge in [-0.25, -0.2) is 0 Å². The van der Waals surface area contributed by atoms with E-state index in [1.165, 1.54) is 205 Å². The lowest BCUT2D eigenvalue weighted by molar-refractivity contribution is -0.167. The minimum absolute atomic E-state index is 0.0720. The molecule has 0 heterocycles. The van der Waals surface area contributed by atoms with Crippen LogP contribution >= 0.6 is 0 Å². The maximum atomic E-state index is 12.9. The number of unbranched alkanes of at least 4 members (excludes halogenated alkanes) is 39. The molecular weight excluding hydrogens is 997 g/mol. The number of ether oxygens (including phenoxy) is 3. The Bertz CT molecular complexity index is 1530. The monoisotopic (exact) mass is 1130 g/mol. The highest BCUT2D eigenvalue weighted by Gasteiger charge is 2.19. The van der Waals surface area contributed by atoms with Crippen molar-refractivity contribution < 1.29 is 28.6 Å². The molecule has 0 aliphatic heterocycles. The second-order valence-corrected chi connectivity index (χ2v) is 23.4. The molecule has 0 fully saturated rings. The van der Waals surface area contributed by atoms with Crippen molar-refractivity contribution in [1.29, 1.82) is 0 Å². The van der Waals surface area contributed by atoms with E-state index in [1.807, 2.05) is 0 Å². The molecule has 0 bridgehead atoms. The van der Waals surface area contributed by atoms with E-state index in [2.05, 4.69) is 106 Å². The topological polar surface area (TPSA) is 78.9 Å². The highest BCUT2D eigenvalue weighted by molar-refractivity contribution is 5.71. The van der Waals surface area contributed by atoms with Gasteiger partial charge < -0.3 is 14.2 Å². The standard InChI is InChI=1S/C75H132O6/c1-4-7-10-13-16-19-22-25-28-30-31-32-33-34-35-36-37-38-39-40-41-42-43-45-47-50-53-56-59-62-65-68-74(77)80-71-72(70-79-73(76)67-64-61-58-55-52-49-46-27-24-21-18-15-12-9-6-3)81-75(78)69-66-63-60-57-54-51-48-44-29-26-23-20-17-14-11-8-5-2/h7,10,16,19,25,28,31-32,34-35,37-38,40-41,72H,4-6,8-9,11-15,17-18,20-24,26-27,29-30,33,36,39,42-71H2,1-3H3/b10-7-,19-16-,28-25-,32-31-,35-34-,38-37-,41-40-. The molecule has 0 spiro atoms. The first kappa shape index (κ1) is 77.6. The maximum absolute atomic E-state index is 12.9. The Kier molecular flexibility index (Phi) is 66.2. The summed E-state index contributed by atoms with van der Waals surface area (Å²) in [4.78, 5) is 38.4. The molecule has 468 valence electrons. The summed E-state index contributed by atoms with van der Waals surface area (Å²) in [5.74, 6) is -0.856. The van der Waals surface area contributed by atoms with Crippen molar-refractivity contribution in [1.82, 2.24) is 0 Å². The van der Waals surface area contributed by atoms with Crippen molar-refractivity contribution in [2.45, 2.75) is 361 Å². The SMILES string of the molecule is CC/C=C\C/C=C\C/C=C\C/C=C\C/C=C\C/C=C\C/C=C\CCCCCCCCCCCC(=O)OCC(COC(=O)CCCCCCCCCCCCCCCCC)OC(=O)CCCCCCCCCCCCCCCCCCC. The molecule has 0 aliphatic carbocycles. The first-order chi connectivity index (χ1) is 40.0. The second kappa shape index (κ2) is 69.1. The molecule has 6 heteroatoms. The number of esters is 3. The zero-order chi connectivity index (χ0) is 58.5. The normalized spacial score (nSPS) is 12.6. The second-order valence-electron chi connectivity index (χ2n) is 23.4. The van der Waals surface area contributed by atoms with Gasteiger partial charge in [-0.3, -0.25) is 14.4 Å². The smallest absolute Gasteiger partial charge is 0.306 e. The molecule has 1 unspecified atom stereocenters. The molecule has 0 aliphatic rings. The highest BCUT2D eigenvalue weighted by atomic mass is 16.6. The minimum Gasteiger partial charge on any atom is -0.462 e. The van der Waals surface area contributed by atoms with Gasteiger partial charge in [0, 0.05) is 19.3 Å². The molecular formula is C75H132O6. The third-order valence-corrected chi connectivity index (χ3v) is 15.4. The van der Waals surface area contributed by atoms with Crippen molar-refractivity contribution in [2.75, 3.05) is 13.2 Å². The van der Waals surface area contributed by atoms with Gasteiger partial charge >= 0.3 is 17.9 Å². The number of hydrogen-bond donors (Lipinski definition) is 0. The fourth-order valence-corrected chi connectivity index (χ4v) is 10.2. The largest absolute Gasteiger partial charge is 0.462 e. The lowest BCUT2D eigenvalue weighted by atomic mass is 10.0. The quantitative estimate of drug-likeness (QED) is 0.0261. The van der Waals surface area contributed by atoms with E-state index < -0.39 is 6.10 Å². The van der Waals surface area contributed by atoms with E-state index in [4.69, 9.17) is 14.2 Å². The van der Waals surface area contributed by atoms with Gasteiger partial charge in [-0.05, 0) is 77.0 Å². The Labute approximate surface area is 503 Å². The summed E-state index contributed by atoms with van der Waals surface area (Å²) in [5.41, 5.74) is 0. The zero-order valence-corrected chi connectivity index (χ0v) is 53.8. The van der Waals surface area contributed by atoms with Crippen LogP contribution < -0.4 is 0 Å². The van der Waals surface area contributed by atoms with Crippen LogP contribution in [0.15, 0.2) is 85.1 Å². The number of allylic oxidation sites excluding steroid dienone is 14. The van der Waals surface area contributed by atoms with E-state index in [0.717, 1.165) is 109 Å². The molecule has 0 saturated heterocycles. The minimum atomic E-state index is -0.776. The van der Waals surface area contributed by atoms with Gasteiger partial charge in [0.1, 0.15) is 13.2 Å². The Morgan fingerprint density at radius 1 is 0.259 bits per heavy atom. The first-order valence-corrected chi connectivity index (χ1v) is 35.1. The number of rotatable bonds is 64. The third-order valence-electron chi connectivity index (χ3n) is 15.4. The van der Waals surface area contributed by atoms with E-state index in [-0.39, 0.29) is 31.1 Å². The summed E-state index contributed by atoms with van der Waals surface area (Å²) in [5, 5.41) is 0. The molecule has 0 N–H and O–H groups in total. The Morgan fingerprint density at radius 3 is 0.753 bits per heavy atom. The Balaban J connectivity index is 4.27. The van der Waals surface area contributed by atoms with Crippen molar-refractivity contribution in [3.63, 3.8) is 0 Å². The molecule has 0 aromatic heterocycles. The van der Waals surface area contributed by atoms with Crippen LogP contribution in [0.1, 0.15) is 355 Å². The van der Waals surface area contributed by atoms with E-state index in [1.54, 1.807) is 0 Å². The predicted octanol–water partition coefficient (Wildman–Crippen LogP) is 24.2. The van der Waals surface area contributed by atoms with E-state index in [0.29, 0.717) is 19.3 Å². The van der Waals surface area contributed by atoms with Crippen molar-refractivity contribution in [2.24, 2.45) is 0 Å². The van der Waals surface area contributed by atoms with Gasteiger partial charge in [0.25, 0.3) is 0 Å². The van der Waals surface area contributed by atoms with E-state index in [9.17, 15) is 14.4 Å². The molecule has 0 amide bonds. The maximum Gasteiger partial charge on any atom is 0.306 e. The molecule has 6 nitrogen and oxygen atoms in total. The average molecular weight is 1130 g/mol. The van der Waals surface area contributed by atoms with Gasteiger partial charge in [0.15, 0.2) is 6.10 Å². The van der Waals surface area contributed by atoms with Crippen LogP contribution in [0.2, 0.25) is 0 Å². The number of carbonyl (C=O) groups excluding carboxylic acids is 3. The van der Waals surface area contributed by atoms with Crippen LogP contribution in [0.3, 0.4) is 0 Å². The van der Waals surface area contributed by atoms with Crippen LogP contribution in [-0.2, 0) is 28.6 Å². The lowest BCUT2D eigenvalue weighted by Crippen LogP contribution is -2.30. The summed E-state index contributed by atoms with van der Waals surface area (Å²) in [7, 11) is 0.